The van der Waals surface area contributed by atoms with Gasteiger partial charge < -0.3 is 10.6 Å². The third-order valence-corrected chi connectivity index (χ3v) is 2.66. The van der Waals surface area contributed by atoms with Crippen LogP contribution >= 0.6 is 11.6 Å². The molecular weight excluding hydrogens is 254 g/mol. The Kier molecular flexibility index (Phi) is 4.97. The van der Waals surface area contributed by atoms with E-state index in [-0.39, 0.29) is 0 Å². The van der Waals surface area contributed by atoms with E-state index in [1.807, 2.05) is 13.0 Å². The van der Waals surface area contributed by atoms with Gasteiger partial charge in [-0.15, -0.1) is 0 Å². The molecule has 0 aromatic heterocycles. The minimum atomic E-state index is -0.542. The summed E-state index contributed by atoms with van der Waals surface area (Å²) in [6.07, 6.45) is 0. The Labute approximate surface area is 111 Å². The molecule has 5 nitrogen and oxygen atoms in total. The van der Waals surface area contributed by atoms with E-state index in [4.69, 9.17) is 11.6 Å². The SMILES string of the molecule is CNC(=O)NC(=O)C(C)Nc1cc(Cl)ccc1C. The number of halogens is 1. The molecule has 0 saturated carbocycles. The van der Waals surface area contributed by atoms with E-state index >= 15 is 0 Å². The average Bonchev–Trinajstić information content (AvgIpc) is 2.33. The first-order chi connectivity index (χ1) is 8.43. The summed E-state index contributed by atoms with van der Waals surface area (Å²) in [6, 6.07) is 4.29. The van der Waals surface area contributed by atoms with E-state index in [1.54, 1.807) is 19.1 Å². The van der Waals surface area contributed by atoms with Gasteiger partial charge in [0, 0.05) is 17.8 Å². The van der Waals surface area contributed by atoms with Crippen molar-refractivity contribution in [1.82, 2.24) is 10.6 Å². The third-order valence-electron chi connectivity index (χ3n) is 2.43. The van der Waals surface area contributed by atoms with Crippen LogP contribution < -0.4 is 16.0 Å². The Morgan fingerprint density at radius 1 is 1.33 bits per heavy atom. The van der Waals surface area contributed by atoms with Crippen LogP contribution in [0.2, 0.25) is 5.02 Å². The molecule has 6 heteroatoms. The van der Waals surface area contributed by atoms with Crippen molar-refractivity contribution in [2.24, 2.45) is 0 Å². The fourth-order valence-electron chi connectivity index (χ4n) is 1.33. The summed E-state index contributed by atoms with van der Waals surface area (Å²) >= 11 is 5.88. The molecule has 1 aromatic carbocycles. The Hall–Kier alpha value is -1.75. The van der Waals surface area contributed by atoms with Crippen LogP contribution in [0, 0.1) is 6.92 Å². The Morgan fingerprint density at radius 3 is 2.61 bits per heavy atom. The first-order valence-corrected chi connectivity index (χ1v) is 5.87. The normalized spacial score (nSPS) is 11.6. The number of nitrogens with one attached hydrogen (secondary N) is 3. The number of hydrogen-bond acceptors (Lipinski definition) is 3. The predicted molar refractivity (Wildman–Crippen MR) is 71.9 cm³/mol. The molecule has 0 heterocycles. The predicted octanol–water partition coefficient (Wildman–Crippen LogP) is 1.90. The molecule has 0 aliphatic rings. The van der Waals surface area contributed by atoms with E-state index in [2.05, 4.69) is 16.0 Å². The zero-order valence-corrected chi connectivity index (χ0v) is 11.3. The zero-order chi connectivity index (χ0) is 13.7. The highest BCUT2D eigenvalue weighted by molar-refractivity contribution is 6.30. The van der Waals surface area contributed by atoms with Crippen molar-refractivity contribution in [3.05, 3.63) is 28.8 Å². The smallest absolute Gasteiger partial charge is 0.321 e. The Bertz CT molecular complexity index is 463. The van der Waals surface area contributed by atoms with Crippen LogP contribution in [0.15, 0.2) is 18.2 Å². The highest BCUT2D eigenvalue weighted by Gasteiger charge is 2.15. The second kappa shape index (κ2) is 6.26. The number of carbonyl (C=O) groups is 2. The lowest BCUT2D eigenvalue weighted by Crippen LogP contribution is -2.44. The molecule has 1 rings (SSSR count). The van der Waals surface area contributed by atoms with Crippen LogP contribution in [0.25, 0.3) is 0 Å². The second-order valence-corrected chi connectivity index (χ2v) is 4.33. The molecule has 0 saturated heterocycles. The second-order valence-electron chi connectivity index (χ2n) is 3.89. The fraction of sp³-hybridized carbons (Fsp3) is 0.333. The highest BCUT2D eigenvalue weighted by atomic mass is 35.5. The lowest BCUT2D eigenvalue weighted by molar-refractivity contribution is -0.120. The summed E-state index contributed by atoms with van der Waals surface area (Å²) in [5.74, 6) is -0.409. The van der Waals surface area contributed by atoms with Gasteiger partial charge in [-0.1, -0.05) is 17.7 Å². The topological polar surface area (TPSA) is 70.2 Å². The molecule has 3 N–H and O–H groups in total. The van der Waals surface area contributed by atoms with Crippen molar-refractivity contribution in [3.63, 3.8) is 0 Å². The van der Waals surface area contributed by atoms with Gasteiger partial charge in [0.1, 0.15) is 6.04 Å². The van der Waals surface area contributed by atoms with Gasteiger partial charge in [-0.3, -0.25) is 10.1 Å². The van der Waals surface area contributed by atoms with Gasteiger partial charge in [0.05, 0.1) is 0 Å². The van der Waals surface area contributed by atoms with E-state index in [0.29, 0.717) is 5.02 Å². The number of imide groups is 1. The number of anilines is 1. The maximum Gasteiger partial charge on any atom is 0.321 e. The van der Waals surface area contributed by atoms with Gasteiger partial charge in [0.15, 0.2) is 0 Å². The summed E-state index contributed by atoms with van der Waals surface area (Å²) in [6.45, 7) is 3.57. The van der Waals surface area contributed by atoms with Crippen molar-refractivity contribution < 1.29 is 9.59 Å². The number of amides is 3. The standard InChI is InChI=1S/C12H16ClN3O2/c1-7-4-5-9(13)6-10(7)15-8(2)11(17)16-12(18)14-3/h4-6,8,15H,1-3H3,(H2,14,16,17,18). The lowest BCUT2D eigenvalue weighted by Gasteiger charge is -2.16. The van der Waals surface area contributed by atoms with E-state index in [9.17, 15) is 9.59 Å². The molecule has 3 amide bonds. The number of benzene rings is 1. The van der Waals surface area contributed by atoms with Gasteiger partial charge in [0.25, 0.3) is 0 Å². The maximum absolute atomic E-state index is 11.6. The maximum atomic E-state index is 11.6. The number of aryl methyl sites for hydroxylation is 1. The molecule has 0 aliphatic heterocycles. The van der Waals surface area contributed by atoms with Crippen molar-refractivity contribution in [2.75, 3.05) is 12.4 Å². The molecule has 1 aromatic rings. The monoisotopic (exact) mass is 269 g/mol. The van der Waals surface area contributed by atoms with E-state index in [0.717, 1.165) is 11.3 Å². The molecule has 98 valence electrons. The van der Waals surface area contributed by atoms with Crippen molar-refractivity contribution >= 4 is 29.2 Å². The average molecular weight is 270 g/mol. The molecule has 0 bridgehead atoms. The highest BCUT2D eigenvalue weighted by Crippen LogP contribution is 2.20. The van der Waals surface area contributed by atoms with Crippen molar-refractivity contribution in [3.8, 4) is 0 Å². The molecule has 1 atom stereocenters. The van der Waals surface area contributed by atoms with Gasteiger partial charge in [0.2, 0.25) is 5.91 Å². The van der Waals surface area contributed by atoms with Crippen molar-refractivity contribution in [2.45, 2.75) is 19.9 Å². The molecule has 0 aliphatic carbocycles. The van der Waals surface area contributed by atoms with Crippen LogP contribution in [0.4, 0.5) is 10.5 Å². The Morgan fingerprint density at radius 2 is 2.00 bits per heavy atom. The minimum absolute atomic E-state index is 0.409. The zero-order valence-electron chi connectivity index (χ0n) is 10.5. The summed E-state index contributed by atoms with van der Waals surface area (Å²) < 4.78 is 0. The molecule has 0 fully saturated rings. The quantitative estimate of drug-likeness (QED) is 0.785. The number of rotatable bonds is 3. The first kappa shape index (κ1) is 14.3. The van der Waals surface area contributed by atoms with Gasteiger partial charge >= 0.3 is 6.03 Å². The van der Waals surface area contributed by atoms with Crippen LogP contribution in [-0.4, -0.2) is 25.0 Å². The van der Waals surface area contributed by atoms with E-state index < -0.39 is 18.0 Å². The van der Waals surface area contributed by atoms with Crippen LogP contribution in [0.5, 0.6) is 0 Å². The molecular formula is C12H16ClN3O2. The number of hydrogen-bond donors (Lipinski definition) is 3. The molecule has 18 heavy (non-hydrogen) atoms. The van der Waals surface area contributed by atoms with Gasteiger partial charge in [-0.25, -0.2) is 4.79 Å². The fourth-order valence-corrected chi connectivity index (χ4v) is 1.50. The molecule has 0 radical (unpaired) electrons. The van der Waals surface area contributed by atoms with Crippen LogP contribution in [0.3, 0.4) is 0 Å². The van der Waals surface area contributed by atoms with Gasteiger partial charge in [-0.05, 0) is 31.5 Å². The van der Waals surface area contributed by atoms with Crippen molar-refractivity contribution in [1.29, 1.82) is 0 Å². The summed E-state index contributed by atoms with van der Waals surface area (Å²) in [7, 11) is 1.45. The summed E-state index contributed by atoms with van der Waals surface area (Å²) in [4.78, 5) is 22.7. The van der Waals surface area contributed by atoms with E-state index in [1.165, 1.54) is 7.05 Å². The molecule has 1 unspecified atom stereocenters. The van der Waals surface area contributed by atoms with Crippen LogP contribution in [0.1, 0.15) is 12.5 Å². The number of urea groups is 1. The Balaban J connectivity index is 2.69. The number of carbonyl (C=O) groups excluding carboxylic acids is 2. The largest absolute Gasteiger partial charge is 0.374 e. The van der Waals surface area contributed by atoms with Gasteiger partial charge in [-0.2, -0.15) is 0 Å². The minimum Gasteiger partial charge on any atom is -0.374 e. The lowest BCUT2D eigenvalue weighted by atomic mass is 10.2. The molecule has 0 spiro atoms. The van der Waals surface area contributed by atoms with Crippen LogP contribution in [-0.2, 0) is 4.79 Å². The first-order valence-electron chi connectivity index (χ1n) is 5.49. The summed E-state index contributed by atoms with van der Waals surface area (Å²) in [5.41, 5.74) is 1.74. The summed E-state index contributed by atoms with van der Waals surface area (Å²) in [5, 5.41) is 8.10. The third kappa shape index (κ3) is 3.92.